The number of carbonyl (C=O) groups excluding carboxylic acids is 1. The van der Waals surface area contributed by atoms with Crippen molar-refractivity contribution in [2.24, 2.45) is 5.92 Å². The summed E-state index contributed by atoms with van der Waals surface area (Å²) in [4.78, 5) is 11.7. The zero-order valence-corrected chi connectivity index (χ0v) is 11.3. The fraction of sp³-hybridized carbons (Fsp3) is 0.800. The van der Waals surface area contributed by atoms with Gasteiger partial charge in [-0.1, -0.05) is 37.3 Å². The Hall–Kier alpha value is -0.830. The van der Waals surface area contributed by atoms with E-state index in [1.54, 1.807) is 0 Å². The molecule has 2 aliphatic rings. The van der Waals surface area contributed by atoms with Crippen LogP contribution in [0.3, 0.4) is 0 Å². The van der Waals surface area contributed by atoms with Crippen LogP contribution in [-0.2, 0) is 4.79 Å². The second kappa shape index (κ2) is 7.57. The number of rotatable bonds is 6. The largest absolute Gasteiger partial charge is 0.356 e. The molecule has 1 heterocycles. The molecule has 1 aliphatic carbocycles. The van der Waals surface area contributed by atoms with Crippen LogP contribution in [0, 0.1) is 5.92 Å². The first-order chi connectivity index (χ1) is 8.84. The summed E-state index contributed by atoms with van der Waals surface area (Å²) in [5.41, 5.74) is 1.49. The molecule has 0 unspecified atom stereocenters. The van der Waals surface area contributed by atoms with Crippen LogP contribution in [0.2, 0.25) is 0 Å². The van der Waals surface area contributed by atoms with E-state index in [9.17, 15) is 4.79 Å². The van der Waals surface area contributed by atoms with Gasteiger partial charge in [-0.2, -0.15) is 0 Å². The molecule has 102 valence electrons. The van der Waals surface area contributed by atoms with Crippen LogP contribution >= 0.6 is 0 Å². The molecule has 0 atom stereocenters. The van der Waals surface area contributed by atoms with Gasteiger partial charge in [0, 0.05) is 19.5 Å². The van der Waals surface area contributed by atoms with Crippen LogP contribution in [0.4, 0.5) is 0 Å². The summed E-state index contributed by atoms with van der Waals surface area (Å²) in [5.74, 6) is 1.07. The molecule has 1 amide bonds. The van der Waals surface area contributed by atoms with Crippen LogP contribution in [0.25, 0.3) is 0 Å². The van der Waals surface area contributed by atoms with Gasteiger partial charge >= 0.3 is 0 Å². The van der Waals surface area contributed by atoms with E-state index in [-0.39, 0.29) is 5.91 Å². The topological polar surface area (TPSA) is 41.1 Å². The minimum Gasteiger partial charge on any atom is -0.356 e. The second-order valence-electron chi connectivity index (χ2n) is 5.61. The van der Waals surface area contributed by atoms with Crippen molar-refractivity contribution in [3.63, 3.8) is 0 Å². The highest BCUT2D eigenvalue weighted by atomic mass is 16.1. The maximum atomic E-state index is 11.7. The minimum absolute atomic E-state index is 0.247. The average molecular weight is 250 g/mol. The second-order valence-corrected chi connectivity index (χ2v) is 5.61. The molecule has 2 rings (SSSR count). The Morgan fingerprint density at radius 2 is 2.22 bits per heavy atom. The maximum Gasteiger partial charge on any atom is 0.220 e. The molecule has 3 nitrogen and oxygen atoms in total. The van der Waals surface area contributed by atoms with E-state index in [4.69, 9.17) is 0 Å². The molecule has 0 spiro atoms. The van der Waals surface area contributed by atoms with Gasteiger partial charge in [-0.25, -0.2) is 0 Å². The summed E-state index contributed by atoms with van der Waals surface area (Å²) in [6.45, 7) is 2.89. The van der Waals surface area contributed by atoms with Gasteiger partial charge in [-0.15, -0.1) is 0 Å². The first kappa shape index (κ1) is 13.6. The summed E-state index contributed by atoms with van der Waals surface area (Å²) in [5, 5.41) is 6.36. The van der Waals surface area contributed by atoms with Crippen molar-refractivity contribution in [2.45, 2.75) is 51.4 Å². The predicted molar refractivity (Wildman–Crippen MR) is 74.4 cm³/mol. The normalized spacial score (nSPS) is 20.8. The molecule has 0 aromatic heterocycles. The summed E-state index contributed by atoms with van der Waals surface area (Å²) in [6.07, 6.45) is 11.7. The Bertz CT molecular complexity index is 293. The van der Waals surface area contributed by atoms with Crippen molar-refractivity contribution >= 4 is 5.91 Å². The van der Waals surface area contributed by atoms with E-state index < -0.39 is 0 Å². The van der Waals surface area contributed by atoms with Crippen LogP contribution < -0.4 is 10.6 Å². The third-order valence-electron chi connectivity index (χ3n) is 4.18. The number of carbonyl (C=O) groups is 1. The summed E-state index contributed by atoms with van der Waals surface area (Å²) in [6, 6.07) is 0. The van der Waals surface area contributed by atoms with Gasteiger partial charge in [0.2, 0.25) is 5.91 Å². The minimum atomic E-state index is 0.247. The van der Waals surface area contributed by atoms with Gasteiger partial charge in [-0.05, 0) is 31.7 Å². The molecule has 1 saturated carbocycles. The smallest absolute Gasteiger partial charge is 0.220 e. The first-order valence-corrected chi connectivity index (χ1v) is 7.50. The van der Waals surface area contributed by atoms with Crippen LogP contribution in [0.1, 0.15) is 51.4 Å². The van der Waals surface area contributed by atoms with E-state index in [1.807, 2.05) is 0 Å². The highest BCUT2D eigenvalue weighted by molar-refractivity contribution is 5.75. The molecular weight excluding hydrogens is 224 g/mol. The maximum absolute atomic E-state index is 11.7. The first-order valence-electron chi connectivity index (χ1n) is 7.50. The fourth-order valence-corrected chi connectivity index (χ4v) is 2.98. The summed E-state index contributed by atoms with van der Waals surface area (Å²) < 4.78 is 0. The van der Waals surface area contributed by atoms with Gasteiger partial charge in [0.05, 0.1) is 0 Å². The van der Waals surface area contributed by atoms with Crippen LogP contribution in [0.15, 0.2) is 11.6 Å². The molecule has 0 saturated heterocycles. The number of hydrogen-bond donors (Lipinski definition) is 2. The Kier molecular flexibility index (Phi) is 5.72. The molecule has 0 aromatic carbocycles. The van der Waals surface area contributed by atoms with Crippen molar-refractivity contribution in [3.05, 3.63) is 11.6 Å². The molecule has 2 N–H and O–H groups in total. The lowest BCUT2D eigenvalue weighted by molar-refractivity contribution is -0.121. The highest BCUT2D eigenvalue weighted by Gasteiger charge is 2.15. The number of amides is 1. The monoisotopic (exact) mass is 250 g/mol. The Morgan fingerprint density at radius 1 is 1.39 bits per heavy atom. The Balaban J connectivity index is 1.52. The van der Waals surface area contributed by atoms with E-state index in [0.29, 0.717) is 0 Å². The van der Waals surface area contributed by atoms with E-state index in [1.165, 1.54) is 31.3 Å². The van der Waals surface area contributed by atoms with Crippen LogP contribution in [-0.4, -0.2) is 25.5 Å². The lowest BCUT2D eigenvalue weighted by Gasteiger charge is -2.14. The Morgan fingerprint density at radius 3 is 2.94 bits per heavy atom. The average Bonchev–Trinajstić information content (AvgIpc) is 2.91. The fourth-order valence-electron chi connectivity index (χ4n) is 2.98. The molecule has 1 fully saturated rings. The van der Waals surface area contributed by atoms with E-state index in [0.717, 1.165) is 51.2 Å². The van der Waals surface area contributed by atoms with Crippen molar-refractivity contribution in [2.75, 3.05) is 19.6 Å². The molecule has 18 heavy (non-hydrogen) atoms. The summed E-state index contributed by atoms with van der Waals surface area (Å²) in [7, 11) is 0. The van der Waals surface area contributed by atoms with E-state index in [2.05, 4.69) is 16.7 Å². The molecular formula is C15H26N2O. The third-order valence-corrected chi connectivity index (χ3v) is 4.18. The molecule has 0 aromatic rings. The number of hydrogen-bond acceptors (Lipinski definition) is 2. The quantitative estimate of drug-likeness (QED) is 0.711. The highest BCUT2D eigenvalue weighted by Crippen LogP contribution is 2.28. The van der Waals surface area contributed by atoms with Crippen molar-refractivity contribution in [1.82, 2.24) is 10.6 Å². The molecule has 0 radical (unpaired) electrons. The van der Waals surface area contributed by atoms with Crippen LogP contribution in [0.5, 0.6) is 0 Å². The zero-order chi connectivity index (χ0) is 12.6. The third kappa shape index (κ3) is 4.81. The molecule has 1 aliphatic heterocycles. The predicted octanol–water partition coefficient (Wildman–Crippen LogP) is 2.38. The standard InChI is InChI=1S/C15H26N2O/c18-15(6-5-13-3-1-2-4-13)17-12-9-14-7-10-16-11-8-14/h7,13,16H,1-6,8-12H2,(H,17,18). The van der Waals surface area contributed by atoms with Gasteiger partial charge in [0.1, 0.15) is 0 Å². The van der Waals surface area contributed by atoms with Gasteiger partial charge in [0.15, 0.2) is 0 Å². The van der Waals surface area contributed by atoms with Crippen molar-refractivity contribution in [3.8, 4) is 0 Å². The van der Waals surface area contributed by atoms with Crippen molar-refractivity contribution < 1.29 is 4.79 Å². The number of nitrogens with one attached hydrogen (secondary N) is 2. The van der Waals surface area contributed by atoms with E-state index >= 15 is 0 Å². The van der Waals surface area contributed by atoms with Gasteiger partial charge < -0.3 is 10.6 Å². The molecule has 3 heteroatoms. The Labute approximate surface area is 110 Å². The zero-order valence-electron chi connectivity index (χ0n) is 11.3. The van der Waals surface area contributed by atoms with Gasteiger partial charge in [0.25, 0.3) is 0 Å². The van der Waals surface area contributed by atoms with Crippen molar-refractivity contribution in [1.29, 1.82) is 0 Å². The van der Waals surface area contributed by atoms with Gasteiger partial charge in [-0.3, -0.25) is 4.79 Å². The lowest BCUT2D eigenvalue weighted by atomic mass is 10.0. The SMILES string of the molecule is O=C(CCC1CCCC1)NCCC1=CCNCC1. The lowest BCUT2D eigenvalue weighted by Crippen LogP contribution is -2.26. The summed E-state index contributed by atoms with van der Waals surface area (Å²) >= 11 is 0. The molecule has 0 bridgehead atoms.